The number of anilines is 2. The predicted molar refractivity (Wildman–Crippen MR) is 111 cm³/mol. The first-order chi connectivity index (χ1) is 15.8. The van der Waals surface area contributed by atoms with E-state index < -0.39 is 41.7 Å². The average Bonchev–Trinajstić information content (AvgIpc) is 3.34. The number of hydrogen-bond acceptors (Lipinski definition) is 7. The van der Waals surface area contributed by atoms with Crippen LogP contribution in [0.15, 0.2) is 53.1 Å². The van der Waals surface area contributed by atoms with E-state index in [-0.39, 0.29) is 28.5 Å². The van der Waals surface area contributed by atoms with Crippen LogP contribution in [0.4, 0.5) is 20.2 Å². The van der Waals surface area contributed by atoms with Crippen LogP contribution in [-0.2, 0) is 9.53 Å². The van der Waals surface area contributed by atoms with Gasteiger partial charge in [-0.1, -0.05) is 0 Å². The van der Waals surface area contributed by atoms with Crippen LogP contribution in [0.5, 0.6) is 11.5 Å². The zero-order valence-electron chi connectivity index (χ0n) is 17.4. The largest absolute Gasteiger partial charge is 0.493 e. The molecule has 2 amide bonds. The Labute approximate surface area is 186 Å². The van der Waals surface area contributed by atoms with Crippen LogP contribution < -0.4 is 20.1 Å². The Balaban J connectivity index is 1.78. The molecule has 1 aromatic heterocycles. The zero-order chi connectivity index (χ0) is 24.0. The van der Waals surface area contributed by atoms with Crippen LogP contribution in [0.2, 0.25) is 0 Å². The van der Waals surface area contributed by atoms with Crippen molar-refractivity contribution in [2.75, 3.05) is 31.5 Å². The lowest BCUT2D eigenvalue weighted by molar-refractivity contribution is -0.119. The fourth-order valence-corrected chi connectivity index (χ4v) is 2.73. The number of esters is 1. The number of rotatable bonds is 8. The van der Waals surface area contributed by atoms with E-state index in [1.54, 1.807) is 0 Å². The Hall–Kier alpha value is -4.41. The molecule has 0 aliphatic rings. The van der Waals surface area contributed by atoms with E-state index in [1.807, 2.05) is 0 Å². The van der Waals surface area contributed by atoms with E-state index in [9.17, 15) is 23.2 Å². The lowest BCUT2D eigenvalue weighted by Gasteiger charge is -2.15. The summed E-state index contributed by atoms with van der Waals surface area (Å²) in [6.07, 6.45) is 1.30. The number of ether oxygens (including phenoxy) is 3. The maximum atomic E-state index is 13.7. The van der Waals surface area contributed by atoms with E-state index in [0.717, 1.165) is 18.2 Å². The Morgan fingerprint density at radius 3 is 2.33 bits per heavy atom. The zero-order valence-corrected chi connectivity index (χ0v) is 17.4. The van der Waals surface area contributed by atoms with Gasteiger partial charge in [-0.2, -0.15) is 0 Å². The molecule has 0 radical (unpaired) electrons. The summed E-state index contributed by atoms with van der Waals surface area (Å²) in [7, 11) is 2.71. The van der Waals surface area contributed by atoms with E-state index in [2.05, 4.69) is 10.6 Å². The van der Waals surface area contributed by atoms with E-state index in [0.29, 0.717) is 0 Å². The van der Waals surface area contributed by atoms with Gasteiger partial charge in [-0.15, -0.1) is 0 Å². The molecule has 3 rings (SSSR count). The van der Waals surface area contributed by atoms with Crippen LogP contribution in [0, 0.1) is 11.6 Å². The molecule has 11 heteroatoms. The highest BCUT2D eigenvalue weighted by Gasteiger charge is 2.22. The maximum absolute atomic E-state index is 13.7. The van der Waals surface area contributed by atoms with E-state index in [1.165, 1.54) is 44.7 Å². The SMILES string of the molecule is COc1cc(NC(=O)c2ccco2)c(C(=O)OCC(=O)Nc2cc(F)ccc2F)cc1OC. The highest BCUT2D eigenvalue weighted by molar-refractivity contribution is 6.07. The molecule has 1 heterocycles. The van der Waals surface area contributed by atoms with Gasteiger partial charge in [0.2, 0.25) is 0 Å². The number of amides is 2. The summed E-state index contributed by atoms with van der Waals surface area (Å²) in [5, 5.41) is 4.61. The highest BCUT2D eigenvalue weighted by atomic mass is 19.1. The quantitative estimate of drug-likeness (QED) is 0.493. The number of methoxy groups -OCH3 is 2. The summed E-state index contributed by atoms with van der Waals surface area (Å²) < 4.78 is 47.3. The van der Waals surface area contributed by atoms with Gasteiger partial charge in [-0.3, -0.25) is 9.59 Å². The fourth-order valence-electron chi connectivity index (χ4n) is 2.73. The van der Waals surface area contributed by atoms with Gasteiger partial charge < -0.3 is 29.3 Å². The molecule has 172 valence electrons. The van der Waals surface area contributed by atoms with Gasteiger partial charge in [0, 0.05) is 18.2 Å². The van der Waals surface area contributed by atoms with Crippen molar-refractivity contribution in [1.29, 1.82) is 0 Å². The second kappa shape index (κ2) is 10.3. The average molecular weight is 460 g/mol. The van der Waals surface area contributed by atoms with Crippen molar-refractivity contribution in [3.05, 3.63) is 71.7 Å². The lowest BCUT2D eigenvalue weighted by atomic mass is 10.1. The first kappa shape index (κ1) is 23.3. The minimum absolute atomic E-state index is 0.00404. The third kappa shape index (κ3) is 5.64. The van der Waals surface area contributed by atoms with Crippen LogP contribution in [0.3, 0.4) is 0 Å². The monoisotopic (exact) mass is 460 g/mol. The van der Waals surface area contributed by atoms with Gasteiger partial charge in [-0.25, -0.2) is 13.6 Å². The van der Waals surface area contributed by atoms with Crippen molar-refractivity contribution in [2.45, 2.75) is 0 Å². The van der Waals surface area contributed by atoms with Crippen LogP contribution in [0.25, 0.3) is 0 Å². The molecule has 0 saturated carbocycles. The van der Waals surface area contributed by atoms with Crippen LogP contribution in [0.1, 0.15) is 20.9 Å². The first-order valence-corrected chi connectivity index (χ1v) is 9.35. The molecular formula is C22H18F2N2O7. The molecule has 2 aromatic carbocycles. The number of carbonyl (C=O) groups is 3. The topological polar surface area (TPSA) is 116 Å². The third-order valence-corrected chi connectivity index (χ3v) is 4.27. The van der Waals surface area contributed by atoms with Crippen LogP contribution in [-0.4, -0.2) is 38.6 Å². The Bertz CT molecular complexity index is 1180. The van der Waals surface area contributed by atoms with Crippen molar-refractivity contribution < 1.29 is 41.8 Å². The van der Waals surface area contributed by atoms with Gasteiger partial charge in [0.15, 0.2) is 23.9 Å². The number of furan rings is 1. The van der Waals surface area contributed by atoms with Gasteiger partial charge in [0.05, 0.1) is 37.4 Å². The molecule has 9 nitrogen and oxygen atoms in total. The van der Waals surface area contributed by atoms with Crippen molar-refractivity contribution in [3.8, 4) is 11.5 Å². The smallest absolute Gasteiger partial charge is 0.340 e. The molecule has 0 unspecified atom stereocenters. The van der Waals surface area contributed by atoms with Gasteiger partial charge in [-0.05, 0) is 24.3 Å². The summed E-state index contributed by atoms with van der Waals surface area (Å²) in [6, 6.07) is 8.03. The lowest BCUT2D eigenvalue weighted by Crippen LogP contribution is -2.22. The number of halogens is 2. The summed E-state index contributed by atoms with van der Waals surface area (Å²) >= 11 is 0. The second-order valence-electron chi connectivity index (χ2n) is 6.43. The van der Waals surface area contributed by atoms with E-state index >= 15 is 0 Å². The van der Waals surface area contributed by atoms with Crippen molar-refractivity contribution in [1.82, 2.24) is 0 Å². The molecule has 0 saturated heterocycles. The highest BCUT2D eigenvalue weighted by Crippen LogP contribution is 2.34. The number of benzene rings is 2. The van der Waals surface area contributed by atoms with Crippen molar-refractivity contribution >= 4 is 29.2 Å². The first-order valence-electron chi connectivity index (χ1n) is 9.35. The van der Waals surface area contributed by atoms with Gasteiger partial charge in [0.1, 0.15) is 11.6 Å². The minimum Gasteiger partial charge on any atom is -0.493 e. The normalized spacial score (nSPS) is 10.3. The standard InChI is InChI=1S/C22H18F2N2O7/c1-30-18-9-13(15(10-19(18)31-2)26-21(28)17-4-3-7-32-17)22(29)33-11-20(27)25-16-8-12(23)5-6-14(16)24/h3-10H,11H2,1-2H3,(H,25,27)(H,26,28). The minimum atomic E-state index is -0.999. The molecule has 0 aliphatic carbocycles. The molecule has 0 bridgehead atoms. The van der Waals surface area contributed by atoms with E-state index in [4.69, 9.17) is 18.6 Å². The van der Waals surface area contributed by atoms with Crippen molar-refractivity contribution in [2.24, 2.45) is 0 Å². The Morgan fingerprint density at radius 2 is 1.67 bits per heavy atom. The number of nitrogens with one attached hydrogen (secondary N) is 2. The summed E-state index contributed by atoms with van der Waals surface area (Å²) in [5.74, 6) is -3.82. The molecular weight excluding hydrogens is 442 g/mol. The second-order valence-corrected chi connectivity index (χ2v) is 6.43. The van der Waals surface area contributed by atoms with Crippen molar-refractivity contribution in [3.63, 3.8) is 0 Å². The molecule has 33 heavy (non-hydrogen) atoms. The molecule has 0 spiro atoms. The molecule has 3 aromatic rings. The molecule has 0 fully saturated rings. The number of carbonyl (C=O) groups excluding carboxylic acids is 3. The summed E-state index contributed by atoms with van der Waals surface area (Å²) in [5.41, 5.74) is -0.568. The maximum Gasteiger partial charge on any atom is 0.340 e. The fraction of sp³-hybridized carbons (Fsp3) is 0.136. The summed E-state index contributed by atoms with van der Waals surface area (Å²) in [4.78, 5) is 37.1. The predicted octanol–water partition coefficient (Wildman–Crippen LogP) is 3.62. The third-order valence-electron chi connectivity index (χ3n) is 4.27. The Morgan fingerprint density at radius 1 is 0.939 bits per heavy atom. The molecule has 2 N–H and O–H groups in total. The number of hydrogen-bond donors (Lipinski definition) is 2. The molecule has 0 atom stereocenters. The van der Waals surface area contributed by atoms with Crippen LogP contribution >= 0.6 is 0 Å². The van der Waals surface area contributed by atoms with Gasteiger partial charge in [0.25, 0.3) is 11.8 Å². The van der Waals surface area contributed by atoms with Gasteiger partial charge >= 0.3 is 5.97 Å². The Kier molecular flexibility index (Phi) is 7.24. The molecule has 0 aliphatic heterocycles. The summed E-state index contributed by atoms with van der Waals surface area (Å²) in [6.45, 7) is -0.811.